The first-order valence-corrected chi connectivity index (χ1v) is 12.7. The minimum Gasteiger partial charge on any atom is -0.493 e. The van der Waals surface area contributed by atoms with Gasteiger partial charge in [0.05, 0.1) is 18.2 Å². The van der Waals surface area contributed by atoms with Gasteiger partial charge in [0.15, 0.2) is 0 Å². The Balaban J connectivity index is 1.27. The molecular weight excluding hydrogens is 486 g/mol. The van der Waals surface area contributed by atoms with Gasteiger partial charge in [-0.3, -0.25) is 14.9 Å². The van der Waals surface area contributed by atoms with Crippen LogP contribution in [0.25, 0.3) is 0 Å². The van der Waals surface area contributed by atoms with E-state index in [4.69, 9.17) is 25.8 Å². The molecule has 4 rings (SSSR count). The van der Waals surface area contributed by atoms with Gasteiger partial charge < -0.3 is 14.2 Å². The number of halogens is 1. The number of amides is 2. The van der Waals surface area contributed by atoms with Gasteiger partial charge in [-0.05, 0) is 71.8 Å². The Hall–Kier alpha value is -3.16. The van der Waals surface area contributed by atoms with Crippen molar-refractivity contribution in [1.29, 1.82) is 0 Å². The van der Waals surface area contributed by atoms with E-state index in [-0.39, 0.29) is 11.1 Å². The zero-order valence-electron chi connectivity index (χ0n) is 19.3. The molecule has 1 unspecified atom stereocenters. The molecular formula is C27H26ClNO5S. The van der Waals surface area contributed by atoms with Crippen LogP contribution < -0.4 is 19.5 Å². The number of carbonyl (C=O) groups excluding carboxylic acids is 2. The van der Waals surface area contributed by atoms with E-state index >= 15 is 0 Å². The highest BCUT2D eigenvalue weighted by Gasteiger charge is 2.33. The maximum absolute atomic E-state index is 11.9. The van der Waals surface area contributed by atoms with Crippen molar-refractivity contribution in [1.82, 2.24) is 5.32 Å². The minimum absolute atomic E-state index is 0.330. The number of nitrogens with one attached hydrogen (secondary N) is 1. The summed E-state index contributed by atoms with van der Waals surface area (Å²) in [7, 11) is 0. The van der Waals surface area contributed by atoms with E-state index < -0.39 is 5.25 Å². The first-order chi connectivity index (χ1) is 17.0. The Morgan fingerprint density at radius 1 is 0.914 bits per heavy atom. The smallest absolute Gasteiger partial charge is 0.286 e. The van der Waals surface area contributed by atoms with Crippen molar-refractivity contribution in [3.8, 4) is 23.0 Å². The van der Waals surface area contributed by atoms with Crippen LogP contribution in [0.4, 0.5) is 4.79 Å². The Bertz CT molecular complexity index is 1190. The van der Waals surface area contributed by atoms with E-state index in [0.717, 1.165) is 47.4 Å². The molecule has 0 bridgehead atoms. The number of aryl methyl sites for hydroxylation is 1. The molecule has 0 radical (unpaired) electrons. The highest BCUT2D eigenvalue weighted by molar-refractivity contribution is 8.15. The van der Waals surface area contributed by atoms with Crippen molar-refractivity contribution in [3.63, 3.8) is 0 Å². The van der Waals surface area contributed by atoms with Crippen molar-refractivity contribution < 1.29 is 23.8 Å². The first kappa shape index (κ1) is 24.9. The van der Waals surface area contributed by atoms with Crippen LogP contribution in [0, 0.1) is 0 Å². The molecule has 2 amide bonds. The van der Waals surface area contributed by atoms with Gasteiger partial charge in [0.2, 0.25) is 5.91 Å². The largest absolute Gasteiger partial charge is 0.493 e. The number of hydrogen-bond donors (Lipinski definition) is 1. The molecule has 3 aromatic carbocycles. The lowest BCUT2D eigenvalue weighted by molar-refractivity contribution is -0.119. The number of benzene rings is 3. The van der Waals surface area contributed by atoms with Crippen LogP contribution in [0.15, 0.2) is 66.7 Å². The van der Waals surface area contributed by atoms with Crippen LogP contribution in [-0.4, -0.2) is 24.4 Å². The summed E-state index contributed by atoms with van der Waals surface area (Å²) in [5.41, 5.74) is 1.77. The van der Waals surface area contributed by atoms with Crippen LogP contribution in [0.5, 0.6) is 23.0 Å². The zero-order valence-corrected chi connectivity index (χ0v) is 20.9. The molecule has 1 heterocycles. The van der Waals surface area contributed by atoms with Gasteiger partial charge in [0.1, 0.15) is 28.2 Å². The fraction of sp³-hybridized carbons (Fsp3) is 0.259. The number of hydrogen-bond acceptors (Lipinski definition) is 6. The number of imide groups is 1. The van der Waals surface area contributed by atoms with Gasteiger partial charge in [0.25, 0.3) is 5.24 Å². The van der Waals surface area contributed by atoms with E-state index in [1.165, 1.54) is 0 Å². The third kappa shape index (κ3) is 6.71. The normalized spacial score (nSPS) is 15.1. The average molecular weight is 512 g/mol. The first-order valence-electron chi connectivity index (χ1n) is 11.5. The number of para-hydroxylation sites is 1. The molecule has 1 saturated heterocycles. The van der Waals surface area contributed by atoms with Gasteiger partial charge in [-0.1, -0.05) is 49.2 Å². The number of carbonyl (C=O) groups is 2. The molecule has 35 heavy (non-hydrogen) atoms. The van der Waals surface area contributed by atoms with Gasteiger partial charge in [0, 0.05) is 6.42 Å². The van der Waals surface area contributed by atoms with E-state index in [9.17, 15) is 9.59 Å². The van der Waals surface area contributed by atoms with Crippen LogP contribution in [-0.2, 0) is 11.2 Å². The van der Waals surface area contributed by atoms with Crippen molar-refractivity contribution in [2.24, 2.45) is 0 Å². The van der Waals surface area contributed by atoms with Gasteiger partial charge in [-0.2, -0.15) is 0 Å². The van der Waals surface area contributed by atoms with Crippen LogP contribution >= 0.6 is 23.4 Å². The lowest BCUT2D eigenvalue weighted by Crippen LogP contribution is -2.20. The SMILES string of the molecule is CCCc1cc(Oc2ccccc2)ccc1OCCCOc1ccc(C2SC(=O)NC2=O)cc1Cl. The van der Waals surface area contributed by atoms with Crippen molar-refractivity contribution in [2.75, 3.05) is 13.2 Å². The second-order valence-electron chi connectivity index (χ2n) is 7.95. The van der Waals surface area contributed by atoms with Gasteiger partial charge >= 0.3 is 0 Å². The molecule has 1 fully saturated rings. The van der Waals surface area contributed by atoms with Crippen LogP contribution in [0.3, 0.4) is 0 Å². The molecule has 3 aromatic rings. The molecule has 0 saturated carbocycles. The quantitative estimate of drug-likeness (QED) is 0.280. The summed E-state index contributed by atoms with van der Waals surface area (Å²) < 4.78 is 17.8. The fourth-order valence-corrected chi connectivity index (χ4v) is 4.71. The predicted octanol–water partition coefficient (Wildman–Crippen LogP) is 6.96. The summed E-state index contributed by atoms with van der Waals surface area (Å²) in [5, 5.41) is 1.75. The lowest BCUT2D eigenvalue weighted by atomic mass is 10.1. The van der Waals surface area contributed by atoms with E-state index in [2.05, 4.69) is 12.2 Å². The third-order valence-corrected chi connectivity index (χ3v) is 6.61. The molecule has 1 aliphatic heterocycles. The highest BCUT2D eigenvalue weighted by Crippen LogP contribution is 2.37. The number of ether oxygens (including phenoxy) is 3. The van der Waals surface area contributed by atoms with Crippen LogP contribution in [0.1, 0.15) is 36.1 Å². The van der Waals surface area contributed by atoms with Crippen molar-refractivity contribution in [3.05, 3.63) is 82.9 Å². The molecule has 0 aromatic heterocycles. The van der Waals surface area contributed by atoms with Crippen LogP contribution in [0.2, 0.25) is 5.02 Å². The third-order valence-electron chi connectivity index (χ3n) is 5.28. The Labute approximate surface area is 213 Å². The predicted molar refractivity (Wildman–Crippen MR) is 138 cm³/mol. The highest BCUT2D eigenvalue weighted by atomic mass is 35.5. The van der Waals surface area contributed by atoms with Gasteiger partial charge in [-0.25, -0.2) is 0 Å². The summed E-state index contributed by atoms with van der Waals surface area (Å²) in [6.45, 7) is 3.05. The molecule has 0 aliphatic carbocycles. The second-order valence-corrected chi connectivity index (χ2v) is 9.43. The molecule has 6 nitrogen and oxygen atoms in total. The van der Waals surface area contributed by atoms with Gasteiger partial charge in [-0.15, -0.1) is 0 Å². The van der Waals surface area contributed by atoms with E-state index in [1.54, 1.807) is 18.2 Å². The molecule has 8 heteroatoms. The molecule has 1 N–H and O–H groups in total. The molecule has 1 aliphatic rings. The molecule has 1 atom stereocenters. The maximum Gasteiger partial charge on any atom is 0.286 e. The maximum atomic E-state index is 11.9. The Morgan fingerprint density at radius 3 is 2.34 bits per heavy atom. The van der Waals surface area contributed by atoms with E-state index in [0.29, 0.717) is 36.0 Å². The topological polar surface area (TPSA) is 73.9 Å². The summed E-state index contributed by atoms with van der Waals surface area (Å²) in [4.78, 5) is 23.3. The Kier molecular flexibility index (Phi) is 8.55. The summed E-state index contributed by atoms with van der Waals surface area (Å²) >= 11 is 7.28. The second kappa shape index (κ2) is 12.0. The number of rotatable bonds is 11. The number of thioether (sulfide) groups is 1. The Morgan fingerprint density at radius 2 is 1.66 bits per heavy atom. The monoisotopic (exact) mass is 511 g/mol. The average Bonchev–Trinajstić information content (AvgIpc) is 3.19. The molecule has 0 spiro atoms. The lowest BCUT2D eigenvalue weighted by Gasteiger charge is -2.14. The van der Waals surface area contributed by atoms with Crippen molar-refractivity contribution in [2.45, 2.75) is 31.4 Å². The zero-order chi connectivity index (χ0) is 24.6. The van der Waals surface area contributed by atoms with E-state index in [1.807, 2.05) is 48.5 Å². The summed E-state index contributed by atoms with van der Waals surface area (Å²) in [6, 6.07) is 20.7. The fourth-order valence-electron chi connectivity index (χ4n) is 3.65. The standard InChI is InChI=1S/C27H26ClNO5S/c1-2-7-18-16-21(34-20-8-4-3-5-9-20)11-13-23(18)32-14-6-15-33-24-12-10-19(17-22(24)28)25-26(30)29-27(31)35-25/h3-5,8-13,16-17,25H,2,6-7,14-15H2,1H3,(H,29,30,31). The van der Waals surface area contributed by atoms with Crippen molar-refractivity contribution >= 4 is 34.5 Å². The minimum atomic E-state index is -0.579. The molecule has 182 valence electrons. The summed E-state index contributed by atoms with van der Waals surface area (Å²) in [6.07, 6.45) is 2.56. The summed E-state index contributed by atoms with van der Waals surface area (Å²) in [5.74, 6) is 2.62.